The van der Waals surface area contributed by atoms with E-state index in [4.69, 9.17) is 0 Å². The van der Waals surface area contributed by atoms with Gasteiger partial charge in [0, 0.05) is 12.6 Å². The summed E-state index contributed by atoms with van der Waals surface area (Å²) in [6, 6.07) is -0.0157. The van der Waals surface area contributed by atoms with E-state index >= 15 is 0 Å². The largest absolute Gasteiger partial charge is 0.378 e. The molecule has 0 amide bonds. The Hall–Kier alpha value is -1.37. The van der Waals surface area contributed by atoms with E-state index in [1.165, 1.54) is 0 Å². The van der Waals surface area contributed by atoms with Crippen LogP contribution in [-0.2, 0) is 0 Å². The summed E-state index contributed by atoms with van der Waals surface area (Å²) in [5, 5.41) is 2.48. The van der Waals surface area contributed by atoms with E-state index in [9.17, 15) is 17.6 Å². The Kier molecular flexibility index (Phi) is 6.39. The standard InChI is InChI=1S/C14H21F4N3/c1-5-8(6-2)9(21(3)4)7-19-12-10(15)13(17)20-14(18)11(12)16/h8-9H,5-7H2,1-4H3,(H,19,20). The van der Waals surface area contributed by atoms with Crippen molar-refractivity contribution in [3.05, 3.63) is 23.5 Å². The number of anilines is 1. The summed E-state index contributed by atoms with van der Waals surface area (Å²) in [5.74, 6) is -6.01. The van der Waals surface area contributed by atoms with Gasteiger partial charge in [0.15, 0.2) is 0 Å². The number of aromatic nitrogens is 1. The third-order valence-electron chi connectivity index (χ3n) is 3.74. The zero-order valence-electron chi connectivity index (χ0n) is 12.7. The molecule has 0 saturated carbocycles. The lowest BCUT2D eigenvalue weighted by molar-refractivity contribution is 0.210. The molecule has 0 bridgehead atoms. The lowest BCUT2D eigenvalue weighted by Gasteiger charge is -2.31. The molecule has 1 aromatic heterocycles. The molecule has 1 aromatic rings. The number of rotatable bonds is 7. The molecule has 1 N–H and O–H groups in total. The smallest absolute Gasteiger partial charge is 0.253 e. The van der Waals surface area contributed by atoms with Gasteiger partial charge in [-0.2, -0.15) is 22.5 Å². The SMILES string of the molecule is CCC(CC)C(CNc1c(F)c(F)nc(F)c1F)N(C)C. The quantitative estimate of drug-likeness (QED) is 0.618. The highest BCUT2D eigenvalue weighted by Crippen LogP contribution is 2.23. The van der Waals surface area contributed by atoms with Crippen LogP contribution in [-0.4, -0.2) is 36.6 Å². The molecule has 0 fully saturated rings. The van der Waals surface area contributed by atoms with Crippen molar-refractivity contribution in [3.63, 3.8) is 0 Å². The Morgan fingerprint density at radius 3 is 1.86 bits per heavy atom. The van der Waals surface area contributed by atoms with Crippen LogP contribution in [0.15, 0.2) is 0 Å². The number of nitrogens with one attached hydrogen (secondary N) is 1. The second-order valence-corrected chi connectivity index (χ2v) is 5.18. The molecule has 1 rings (SSSR count). The first-order chi connectivity index (χ1) is 9.83. The monoisotopic (exact) mass is 307 g/mol. The van der Waals surface area contributed by atoms with Crippen LogP contribution < -0.4 is 5.32 Å². The predicted molar refractivity (Wildman–Crippen MR) is 74.1 cm³/mol. The molecule has 120 valence electrons. The second-order valence-electron chi connectivity index (χ2n) is 5.18. The van der Waals surface area contributed by atoms with E-state index in [1.54, 1.807) is 0 Å². The van der Waals surface area contributed by atoms with Gasteiger partial charge in [-0.15, -0.1) is 0 Å². The number of likely N-dealkylation sites (N-methyl/N-ethyl adjacent to an activating group) is 1. The summed E-state index contributed by atoms with van der Waals surface area (Å²) in [7, 11) is 3.70. The Morgan fingerprint density at radius 2 is 1.48 bits per heavy atom. The third kappa shape index (κ3) is 4.06. The Morgan fingerprint density at radius 1 is 1.00 bits per heavy atom. The molecule has 0 spiro atoms. The van der Waals surface area contributed by atoms with Crippen molar-refractivity contribution in [2.75, 3.05) is 26.0 Å². The van der Waals surface area contributed by atoms with Crippen LogP contribution in [0.5, 0.6) is 0 Å². The average Bonchev–Trinajstić information content (AvgIpc) is 2.43. The van der Waals surface area contributed by atoms with E-state index in [2.05, 4.69) is 10.3 Å². The molecular weight excluding hydrogens is 286 g/mol. The minimum absolute atomic E-state index is 0.0157. The molecule has 0 aliphatic carbocycles. The summed E-state index contributed by atoms with van der Waals surface area (Å²) in [5.41, 5.74) is -0.808. The van der Waals surface area contributed by atoms with Crippen molar-refractivity contribution in [2.24, 2.45) is 5.92 Å². The number of hydrogen-bond acceptors (Lipinski definition) is 3. The first-order valence-corrected chi connectivity index (χ1v) is 6.93. The van der Waals surface area contributed by atoms with Gasteiger partial charge in [0.05, 0.1) is 0 Å². The molecule has 0 aliphatic heterocycles. The molecule has 0 aromatic carbocycles. The zero-order valence-corrected chi connectivity index (χ0v) is 12.7. The molecule has 0 saturated heterocycles. The van der Waals surface area contributed by atoms with Crippen molar-refractivity contribution in [1.29, 1.82) is 0 Å². The maximum absolute atomic E-state index is 13.5. The summed E-state index contributed by atoms with van der Waals surface area (Å²) in [6.07, 6.45) is 1.79. The van der Waals surface area contributed by atoms with Crippen LogP contribution in [0.25, 0.3) is 0 Å². The first kappa shape index (κ1) is 17.7. The Labute approximate surface area is 122 Å². The molecule has 0 aliphatic rings. The first-order valence-electron chi connectivity index (χ1n) is 6.93. The summed E-state index contributed by atoms with van der Waals surface area (Å²) >= 11 is 0. The molecule has 1 heterocycles. The van der Waals surface area contributed by atoms with Crippen molar-refractivity contribution in [1.82, 2.24) is 9.88 Å². The maximum Gasteiger partial charge on any atom is 0.253 e. The fraction of sp³-hybridized carbons (Fsp3) is 0.643. The van der Waals surface area contributed by atoms with Gasteiger partial charge in [0.1, 0.15) is 5.69 Å². The minimum atomic E-state index is -1.65. The van der Waals surface area contributed by atoms with Gasteiger partial charge in [-0.25, -0.2) is 0 Å². The molecule has 21 heavy (non-hydrogen) atoms. The van der Waals surface area contributed by atoms with E-state index in [0.29, 0.717) is 5.92 Å². The number of hydrogen-bond donors (Lipinski definition) is 1. The maximum atomic E-state index is 13.5. The van der Waals surface area contributed by atoms with Gasteiger partial charge in [0.25, 0.3) is 11.9 Å². The Balaban J connectivity index is 2.96. The van der Waals surface area contributed by atoms with E-state index in [-0.39, 0.29) is 12.6 Å². The minimum Gasteiger partial charge on any atom is -0.378 e. The number of halogens is 4. The lowest BCUT2D eigenvalue weighted by atomic mass is 9.93. The Bertz CT molecular complexity index is 450. The molecule has 0 radical (unpaired) electrons. The van der Waals surface area contributed by atoms with Crippen molar-refractivity contribution >= 4 is 5.69 Å². The van der Waals surface area contributed by atoms with Crippen LogP contribution in [0.3, 0.4) is 0 Å². The normalized spacial score (nSPS) is 13.0. The van der Waals surface area contributed by atoms with Crippen LogP contribution in [0, 0.1) is 29.4 Å². The van der Waals surface area contributed by atoms with Gasteiger partial charge in [0.2, 0.25) is 11.6 Å². The van der Waals surface area contributed by atoms with E-state index < -0.39 is 29.2 Å². The van der Waals surface area contributed by atoms with Gasteiger partial charge < -0.3 is 10.2 Å². The van der Waals surface area contributed by atoms with Crippen LogP contribution >= 0.6 is 0 Å². The topological polar surface area (TPSA) is 28.2 Å². The van der Waals surface area contributed by atoms with Crippen LogP contribution in [0.2, 0.25) is 0 Å². The fourth-order valence-corrected chi connectivity index (χ4v) is 2.45. The highest BCUT2D eigenvalue weighted by Gasteiger charge is 2.24. The summed E-state index contributed by atoms with van der Waals surface area (Å²) < 4.78 is 53.2. The zero-order chi connectivity index (χ0) is 16.2. The van der Waals surface area contributed by atoms with Gasteiger partial charge >= 0.3 is 0 Å². The molecule has 1 atom stereocenters. The fourth-order valence-electron chi connectivity index (χ4n) is 2.45. The van der Waals surface area contributed by atoms with Crippen LogP contribution in [0.4, 0.5) is 23.2 Å². The molecular formula is C14H21F4N3. The highest BCUT2D eigenvalue weighted by atomic mass is 19.2. The highest BCUT2D eigenvalue weighted by molar-refractivity contribution is 5.45. The molecule has 7 heteroatoms. The average molecular weight is 307 g/mol. The van der Waals surface area contributed by atoms with Crippen molar-refractivity contribution < 1.29 is 17.6 Å². The summed E-state index contributed by atoms with van der Waals surface area (Å²) in [6.45, 7) is 4.23. The number of pyridine rings is 1. The van der Waals surface area contributed by atoms with Gasteiger partial charge in [-0.05, 0) is 20.0 Å². The van der Waals surface area contributed by atoms with E-state index in [1.807, 2.05) is 32.8 Å². The third-order valence-corrected chi connectivity index (χ3v) is 3.74. The van der Waals surface area contributed by atoms with Crippen molar-refractivity contribution in [2.45, 2.75) is 32.7 Å². The summed E-state index contributed by atoms with van der Waals surface area (Å²) in [4.78, 5) is 4.45. The molecule has 3 nitrogen and oxygen atoms in total. The predicted octanol–water partition coefficient (Wildman–Crippen LogP) is 3.42. The lowest BCUT2D eigenvalue weighted by Crippen LogP contribution is -2.40. The van der Waals surface area contributed by atoms with Crippen LogP contribution in [0.1, 0.15) is 26.7 Å². The van der Waals surface area contributed by atoms with Gasteiger partial charge in [-0.1, -0.05) is 26.7 Å². The van der Waals surface area contributed by atoms with E-state index in [0.717, 1.165) is 12.8 Å². The second kappa shape index (κ2) is 7.59. The number of nitrogens with zero attached hydrogens (tertiary/aromatic N) is 2. The molecule has 1 unspecified atom stereocenters. The van der Waals surface area contributed by atoms with Gasteiger partial charge in [-0.3, -0.25) is 0 Å². The van der Waals surface area contributed by atoms with Crippen molar-refractivity contribution in [3.8, 4) is 0 Å².